The van der Waals surface area contributed by atoms with Crippen molar-refractivity contribution in [1.82, 2.24) is 10.3 Å². The van der Waals surface area contributed by atoms with Crippen molar-refractivity contribution in [3.8, 4) is 0 Å². The molecule has 3 N–H and O–H groups in total. The monoisotopic (exact) mass is 235 g/mol. The van der Waals surface area contributed by atoms with Gasteiger partial charge in [0.05, 0.1) is 6.42 Å². The van der Waals surface area contributed by atoms with Crippen molar-refractivity contribution in [3.05, 3.63) is 30.1 Å². The highest BCUT2D eigenvalue weighted by Gasteiger charge is 2.10. The third kappa shape index (κ3) is 5.45. The number of hydrogen-bond acceptors (Lipinski definition) is 3. The van der Waals surface area contributed by atoms with Gasteiger partial charge >= 0.3 is 0 Å². The lowest BCUT2D eigenvalue weighted by Gasteiger charge is -2.16. The van der Waals surface area contributed by atoms with Crippen LogP contribution in [0.1, 0.15) is 31.7 Å². The molecule has 17 heavy (non-hydrogen) atoms. The van der Waals surface area contributed by atoms with Crippen LogP contribution >= 0.6 is 0 Å². The summed E-state index contributed by atoms with van der Waals surface area (Å²) in [5, 5.41) is 2.96. The quantitative estimate of drug-likeness (QED) is 0.747. The molecule has 94 valence electrons. The number of carbonyl (C=O) groups excluding carboxylic acids is 1. The summed E-state index contributed by atoms with van der Waals surface area (Å²) in [6, 6.07) is 3.83. The van der Waals surface area contributed by atoms with Crippen molar-refractivity contribution in [3.63, 3.8) is 0 Å². The van der Waals surface area contributed by atoms with E-state index in [1.54, 1.807) is 12.4 Å². The molecule has 4 heteroatoms. The van der Waals surface area contributed by atoms with Crippen LogP contribution in [0.2, 0.25) is 0 Å². The van der Waals surface area contributed by atoms with Gasteiger partial charge in [-0.3, -0.25) is 9.78 Å². The van der Waals surface area contributed by atoms with Crippen LogP contribution in [0.15, 0.2) is 24.5 Å². The zero-order chi connectivity index (χ0) is 12.5. The summed E-state index contributed by atoms with van der Waals surface area (Å²) in [4.78, 5) is 15.7. The number of unbranched alkanes of at least 4 members (excludes halogenated alkanes) is 1. The van der Waals surface area contributed by atoms with Crippen LogP contribution in [-0.4, -0.2) is 23.5 Å². The fraction of sp³-hybridized carbons (Fsp3) is 0.538. The van der Waals surface area contributed by atoms with Gasteiger partial charge in [0.15, 0.2) is 0 Å². The van der Waals surface area contributed by atoms with Crippen molar-refractivity contribution in [2.24, 2.45) is 5.73 Å². The SMILES string of the molecule is CCCCC(CN)NC(=O)Cc1cccnc1. The number of aromatic nitrogens is 1. The average molecular weight is 235 g/mol. The Morgan fingerprint density at radius 3 is 3.00 bits per heavy atom. The van der Waals surface area contributed by atoms with Crippen LogP contribution in [0.25, 0.3) is 0 Å². The maximum Gasteiger partial charge on any atom is 0.224 e. The molecule has 1 heterocycles. The molecule has 0 saturated heterocycles. The second-order valence-corrected chi connectivity index (χ2v) is 4.18. The van der Waals surface area contributed by atoms with E-state index in [1.165, 1.54) is 0 Å². The standard InChI is InChI=1S/C13H21N3O/c1-2-3-6-12(9-14)16-13(17)8-11-5-4-7-15-10-11/h4-5,7,10,12H,2-3,6,8-9,14H2,1H3,(H,16,17). The molecule has 1 rings (SSSR count). The van der Waals surface area contributed by atoms with Crippen molar-refractivity contribution >= 4 is 5.91 Å². The van der Waals surface area contributed by atoms with Crippen LogP contribution in [0.3, 0.4) is 0 Å². The highest BCUT2D eigenvalue weighted by atomic mass is 16.1. The minimum absolute atomic E-state index is 0.0181. The molecule has 0 aromatic carbocycles. The van der Waals surface area contributed by atoms with E-state index in [-0.39, 0.29) is 11.9 Å². The fourth-order valence-electron chi connectivity index (χ4n) is 1.67. The molecule has 0 spiro atoms. The molecule has 0 aliphatic heterocycles. The number of nitrogens with two attached hydrogens (primary N) is 1. The third-order valence-corrected chi connectivity index (χ3v) is 2.64. The Balaban J connectivity index is 2.37. The summed E-state index contributed by atoms with van der Waals surface area (Å²) in [5.74, 6) is 0.0181. The highest BCUT2D eigenvalue weighted by molar-refractivity contribution is 5.78. The lowest BCUT2D eigenvalue weighted by molar-refractivity contribution is -0.121. The highest BCUT2D eigenvalue weighted by Crippen LogP contribution is 2.01. The van der Waals surface area contributed by atoms with Crippen molar-refractivity contribution in [2.45, 2.75) is 38.6 Å². The van der Waals surface area contributed by atoms with Gasteiger partial charge in [0.25, 0.3) is 0 Å². The van der Waals surface area contributed by atoms with E-state index in [9.17, 15) is 4.79 Å². The second-order valence-electron chi connectivity index (χ2n) is 4.18. The maximum absolute atomic E-state index is 11.8. The average Bonchev–Trinajstić information content (AvgIpc) is 2.35. The van der Waals surface area contributed by atoms with Gasteiger partial charge in [-0.2, -0.15) is 0 Å². The van der Waals surface area contributed by atoms with Gasteiger partial charge in [-0.05, 0) is 18.1 Å². The van der Waals surface area contributed by atoms with Gasteiger partial charge in [0, 0.05) is 25.0 Å². The van der Waals surface area contributed by atoms with Gasteiger partial charge in [-0.1, -0.05) is 25.8 Å². The first-order valence-corrected chi connectivity index (χ1v) is 6.14. The third-order valence-electron chi connectivity index (χ3n) is 2.64. The van der Waals surface area contributed by atoms with E-state index in [0.29, 0.717) is 13.0 Å². The zero-order valence-corrected chi connectivity index (χ0v) is 10.4. The Hall–Kier alpha value is -1.42. The zero-order valence-electron chi connectivity index (χ0n) is 10.4. The van der Waals surface area contributed by atoms with Crippen LogP contribution in [-0.2, 0) is 11.2 Å². The first-order chi connectivity index (χ1) is 8.26. The molecule has 1 unspecified atom stereocenters. The van der Waals surface area contributed by atoms with E-state index >= 15 is 0 Å². The maximum atomic E-state index is 11.8. The molecule has 0 aliphatic carbocycles. The Morgan fingerprint density at radius 2 is 2.41 bits per heavy atom. The normalized spacial score (nSPS) is 12.1. The van der Waals surface area contributed by atoms with E-state index in [2.05, 4.69) is 17.2 Å². The summed E-state index contributed by atoms with van der Waals surface area (Å²) < 4.78 is 0. The predicted molar refractivity (Wildman–Crippen MR) is 68.5 cm³/mol. The summed E-state index contributed by atoms with van der Waals surface area (Å²) in [6.07, 6.45) is 6.95. The molecule has 1 aromatic rings. The number of rotatable bonds is 7. The second kappa shape index (κ2) is 7.79. The number of pyridine rings is 1. The molecule has 0 bridgehead atoms. The summed E-state index contributed by atoms with van der Waals surface area (Å²) >= 11 is 0. The van der Waals surface area contributed by atoms with Crippen molar-refractivity contribution in [1.29, 1.82) is 0 Å². The van der Waals surface area contributed by atoms with Gasteiger partial charge < -0.3 is 11.1 Å². The lowest BCUT2D eigenvalue weighted by Crippen LogP contribution is -2.40. The van der Waals surface area contributed by atoms with Crippen LogP contribution in [0, 0.1) is 0 Å². The Bertz CT molecular complexity index is 327. The van der Waals surface area contributed by atoms with Gasteiger partial charge in [0.2, 0.25) is 5.91 Å². The number of carbonyl (C=O) groups is 1. The van der Waals surface area contributed by atoms with Crippen LogP contribution < -0.4 is 11.1 Å². The van der Waals surface area contributed by atoms with E-state index in [4.69, 9.17) is 5.73 Å². The van der Waals surface area contributed by atoms with Gasteiger partial charge in [-0.25, -0.2) is 0 Å². The molecule has 0 fully saturated rings. The van der Waals surface area contributed by atoms with Crippen LogP contribution in [0.5, 0.6) is 0 Å². The summed E-state index contributed by atoms with van der Waals surface area (Å²) in [6.45, 7) is 2.63. The van der Waals surface area contributed by atoms with Crippen LogP contribution in [0.4, 0.5) is 0 Å². The molecular weight excluding hydrogens is 214 g/mol. The lowest BCUT2D eigenvalue weighted by atomic mass is 10.1. The molecule has 4 nitrogen and oxygen atoms in total. The first kappa shape index (κ1) is 13.6. The Morgan fingerprint density at radius 1 is 1.59 bits per heavy atom. The molecule has 0 aliphatic rings. The molecule has 1 aromatic heterocycles. The van der Waals surface area contributed by atoms with E-state index in [0.717, 1.165) is 24.8 Å². The molecule has 1 atom stereocenters. The molecule has 0 saturated carbocycles. The Labute approximate surface area is 103 Å². The van der Waals surface area contributed by atoms with E-state index in [1.807, 2.05) is 12.1 Å². The summed E-state index contributed by atoms with van der Waals surface area (Å²) in [7, 11) is 0. The van der Waals surface area contributed by atoms with Gasteiger partial charge in [-0.15, -0.1) is 0 Å². The minimum Gasteiger partial charge on any atom is -0.352 e. The summed E-state index contributed by atoms with van der Waals surface area (Å²) in [5.41, 5.74) is 6.56. The smallest absolute Gasteiger partial charge is 0.224 e. The number of amides is 1. The predicted octanol–water partition coefficient (Wildman–Crippen LogP) is 1.26. The van der Waals surface area contributed by atoms with E-state index < -0.39 is 0 Å². The van der Waals surface area contributed by atoms with Crippen molar-refractivity contribution in [2.75, 3.05) is 6.54 Å². The molecular formula is C13H21N3O. The fourth-order valence-corrected chi connectivity index (χ4v) is 1.67. The Kier molecular flexibility index (Phi) is 6.25. The number of nitrogens with zero attached hydrogens (tertiary/aromatic N) is 1. The van der Waals surface area contributed by atoms with Crippen molar-refractivity contribution < 1.29 is 4.79 Å². The largest absolute Gasteiger partial charge is 0.352 e. The first-order valence-electron chi connectivity index (χ1n) is 6.14. The number of hydrogen-bond donors (Lipinski definition) is 2. The topological polar surface area (TPSA) is 68.0 Å². The minimum atomic E-state index is 0.0181. The van der Waals surface area contributed by atoms with Gasteiger partial charge in [0.1, 0.15) is 0 Å². The molecule has 0 radical (unpaired) electrons. The molecule has 1 amide bonds. The number of nitrogens with one attached hydrogen (secondary N) is 1.